The molecule has 1 aromatic heterocycles. The summed E-state index contributed by atoms with van der Waals surface area (Å²) in [6, 6.07) is 23.8. The second kappa shape index (κ2) is 6.59. The molecule has 0 saturated heterocycles. The van der Waals surface area contributed by atoms with Gasteiger partial charge >= 0.3 is 0 Å². The van der Waals surface area contributed by atoms with Gasteiger partial charge in [0.05, 0.1) is 21.8 Å². The Morgan fingerprint density at radius 1 is 0.808 bits per heavy atom. The summed E-state index contributed by atoms with van der Waals surface area (Å²) in [5.41, 5.74) is 0.904. The van der Waals surface area contributed by atoms with Gasteiger partial charge in [0.15, 0.2) is 0 Å². The van der Waals surface area contributed by atoms with Crippen molar-refractivity contribution in [2.45, 2.75) is 9.79 Å². The van der Waals surface area contributed by atoms with Crippen LogP contribution in [0.4, 0.5) is 0 Å². The quantitative estimate of drug-likeness (QED) is 0.475. The second-order valence-corrected chi connectivity index (χ2v) is 8.74. The first-order valence-corrected chi connectivity index (χ1v) is 10.4. The van der Waals surface area contributed by atoms with Crippen molar-refractivity contribution in [1.82, 2.24) is 0 Å². The Labute approximate surface area is 156 Å². The molecule has 0 atom stereocenters. The van der Waals surface area contributed by atoms with Gasteiger partial charge in [0.2, 0.25) is 9.84 Å². The van der Waals surface area contributed by atoms with E-state index in [-0.39, 0.29) is 4.90 Å². The van der Waals surface area contributed by atoms with Gasteiger partial charge in [-0.2, -0.15) is 0 Å². The van der Waals surface area contributed by atoms with E-state index >= 15 is 0 Å². The zero-order chi connectivity index (χ0) is 18.1. The summed E-state index contributed by atoms with van der Waals surface area (Å²) in [5.74, 6) is 0.627. The van der Waals surface area contributed by atoms with Crippen LogP contribution >= 0.6 is 11.3 Å². The van der Waals surface area contributed by atoms with E-state index in [4.69, 9.17) is 4.74 Å². The van der Waals surface area contributed by atoms with E-state index in [0.717, 1.165) is 20.5 Å². The second-order valence-electron chi connectivity index (χ2n) is 5.80. The maximum absolute atomic E-state index is 13.5. The van der Waals surface area contributed by atoms with Crippen molar-refractivity contribution >= 4 is 31.3 Å². The molecule has 0 radical (unpaired) electrons. The first-order valence-electron chi connectivity index (χ1n) is 8.07. The third kappa shape index (κ3) is 2.79. The van der Waals surface area contributed by atoms with Crippen LogP contribution in [0.5, 0.6) is 5.75 Å². The molecule has 0 saturated carbocycles. The summed E-state index contributed by atoms with van der Waals surface area (Å²) >= 11 is 1.50. The predicted octanol–water partition coefficient (Wildman–Crippen LogP) is 5.41. The number of fused-ring (bicyclic) bond motifs is 1. The minimum absolute atomic E-state index is 0.263. The van der Waals surface area contributed by atoms with E-state index in [1.54, 1.807) is 31.4 Å². The number of ether oxygens (including phenoxy) is 1. The molecule has 0 amide bonds. The van der Waals surface area contributed by atoms with Crippen molar-refractivity contribution in [2.75, 3.05) is 7.11 Å². The Kier molecular flexibility index (Phi) is 4.26. The van der Waals surface area contributed by atoms with E-state index in [1.165, 1.54) is 11.3 Å². The van der Waals surface area contributed by atoms with Crippen molar-refractivity contribution in [2.24, 2.45) is 0 Å². The molecule has 0 spiro atoms. The molecule has 4 rings (SSSR count). The van der Waals surface area contributed by atoms with Gasteiger partial charge in [0, 0.05) is 10.1 Å². The highest BCUT2D eigenvalue weighted by Gasteiger charge is 2.27. The van der Waals surface area contributed by atoms with Crippen LogP contribution in [0.25, 0.3) is 20.5 Å². The number of rotatable bonds is 4. The molecule has 5 heteroatoms. The molecule has 1 heterocycles. The van der Waals surface area contributed by atoms with Crippen LogP contribution in [-0.4, -0.2) is 15.5 Å². The summed E-state index contributed by atoms with van der Waals surface area (Å²) in [5, 5.41) is 0.757. The molecular weight excluding hydrogens is 364 g/mol. The number of methoxy groups -OCH3 is 1. The standard InChI is InChI=1S/C21H16O3S2/c1-24-16-11-13-17(14-12-16)26(22,23)21-18-9-5-6-10-19(18)25-20(21)15-7-3-2-4-8-15/h2-14H,1H3. The maximum Gasteiger partial charge on any atom is 0.208 e. The number of benzene rings is 3. The van der Waals surface area contributed by atoms with Gasteiger partial charge in [-0.15, -0.1) is 11.3 Å². The number of sulfone groups is 1. The minimum Gasteiger partial charge on any atom is -0.497 e. The minimum atomic E-state index is -3.67. The SMILES string of the molecule is COc1ccc(S(=O)(=O)c2c(-c3ccccc3)sc3ccccc23)cc1. The van der Waals surface area contributed by atoms with Crippen LogP contribution < -0.4 is 4.74 Å². The smallest absolute Gasteiger partial charge is 0.208 e. The lowest BCUT2D eigenvalue weighted by Gasteiger charge is -2.08. The van der Waals surface area contributed by atoms with Crippen molar-refractivity contribution in [3.8, 4) is 16.2 Å². The number of hydrogen-bond acceptors (Lipinski definition) is 4. The van der Waals surface area contributed by atoms with Crippen LogP contribution in [0.3, 0.4) is 0 Å². The predicted molar refractivity (Wildman–Crippen MR) is 106 cm³/mol. The van der Waals surface area contributed by atoms with E-state index < -0.39 is 9.84 Å². The van der Waals surface area contributed by atoms with Crippen molar-refractivity contribution in [3.63, 3.8) is 0 Å². The van der Waals surface area contributed by atoms with Crippen LogP contribution in [0, 0.1) is 0 Å². The van der Waals surface area contributed by atoms with Gasteiger partial charge in [-0.05, 0) is 35.9 Å². The summed E-state index contributed by atoms with van der Waals surface area (Å²) in [7, 11) is -2.11. The zero-order valence-corrected chi connectivity index (χ0v) is 15.7. The Morgan fingerprint density at radius 2 is 1.46 bits per heavy atom. The molecule has 0 aliphatic rings. The first kappa shape index (κ1) is 16.8. The third-order valence-electron chi connectivity index (χ3n) is 4.22. The van der Waals surface area contributed by atoms with E-state index in [2.05, 4.69) is 0 Å². The molecular formula is C21H16O3S2. The Balaban J connectivity index is 2.00. The van der Waals surface area contributed by atoms with Gasteiger partial charge in [-0.1, -0.05) is 48.5 Å². The molecule has 130 valence electrons. The normalized spacial score (nSPS) is 11.6. The van der Waals surface area contributed by atoms with Crippen LogP contribution in [0.15, 0.2) is 88.7 Å². The Hall–Kier alpha value is -2.63. The third-order valence-corrected chi connectivity index (χ3v) is 7.43. The summed E-state index contributed by atoms with van der Waals surface area (Å²) < 4.78 is 33.0. The molecule has 0 unspecified atom stereocenters. The summed E-state index contributed by atoms with van der Waals surface area (Å²) in [6.07, 6.45) is 0. The van der Waals surface area contributed by atoms with Crippen molar-refractivity contribution < 1.29 is 13.2 Å². The highest BCUT2D eigenvalue weighted by molar-refractivity contribution is 7.92. The number of hydrogen-bond donors (Lipinski definition) is 0. The molecule has 0 fully saturated rings. The van der Waals surface area contributed by atoms with Gasteiger partial charge in [0.25, 0.3) is 0 Å². The van der Waals surface area contributed by atoms with Crippen LogP contribution in [0.1, 0.15) is 0 Å². The molecule has 3 nitrogen and oxygen atoms in total. The van der Waals surface area contributed by atoms with Gasteiger partial charge in [-0.3, -0.25) is 0 Å². The Morgan fingerprint density at radius 3 is 2.15 bits per heavy atom. The fourth-order valence-corrected chi connectivity index (χ4v) is 6.12. The van der Waals surface area contributed by atoms with Gasteiger partial charge < -0.3 is 4.74 Å². The highest BCUT2D eigenvalue weighted by Crippen LogP contribution is 2.43. The lowest BCUT2D eigenvalue weighted by atomic mass is 10.1. The Bertz CT molecular complexity index is 1160. The van der Waals surface area contributed by atoms with Crippen molar-refractivity contribution in [1.29, 1.82) is 0 Å². The van der Waals surface area contributed by atoms with Crippen LogP contribution in [-0.2, 0) is 9.84 Å². The first-order chi connectivity index (χ1) is 12.6. The molecule has 0 aliphatic heterocycles. The molecule has 0 aliphatic carbocycles. The lowest BCUT2D eigenvalue weighted by Crippen LogP contribution is -2.02. The molecule has 4 aromatic rings. The zero-order valence-electron chi connectivity index (χ0n) is 14.0. The largest absolute Gasteiger partial charge is 0.497 e. The lowest BCUT2D eigenvalue weighted by molar-refractivity contribution is 0.414. The monoisotopic (exact) mass is 380 g/mol. The topological polar surface area (TPSA) is 43.4 Å². The molecule has 3 aromatic carbocycles. The van der Waals surface area contributed by atoms with Gasteiger partial charge in [-0.25, -0.2) is 8.42 Å². The highest BCUT2D eigenvalue weighted by atomic mass is 32.2. The summed E-state index contributed by atoms with van der Waals surface area (Å²) in [6.45, 7) is 0. The van der Waals surface area contributed by atoms with Crippen molar-refractivity contribution in [3.05, 3.63) is 78.9 Å². The average molecular weight is 380 g/mol. The van der Waals surface area contributed by atoms with E-state index in [9.17, 15) is 8.42 Å². The summed E-state index contributed by atoms with van der Waals surface area (Å²) in [4.78, 5) is 1.40. The average Bonchev–Trinajstić information content (AvgIpc) is 3.09. The fraction of sp³-hybridized carbons (Fsp3) is 0.0476. The van der Waals surface area contributed by atoms with Gasteiger partial charge in [0.1, 0.15) is 5.75 Å². The fourth-order valence-electron chi connectivity index (χ4n) is 2.94. The molecule has 0 bridgehead atoms. The van der Waals surface area contributed by atoms with E-state index in [0.29, 0.717) is 10.6 Å². The molecule has 26 heavy (non-hydrogen) atoms. The maximum atomic E-state index is 13.5. The molecule has 0 N–H and O–H groups in total. The van der Waals surface area contributed by atoms with Crippen LogP contribution in [0.2, 0.25) is 0 Å². The number of thiophene rings is 1. The van der Waals surface area contributed by atoms with E-state index in [1.807, 2.05) is 54.6 Å².